The topological polar surface area (TPSA) is 98.7 Å². The number of nitrogens with zero attached hydrogens (tertiary/aromatic N) is 1. The Morgan fingerprint density at radius 2 is 1.86 bits per heavy atom. The lowest BCUT2D eigenvalue weighted by atomic mass is 9.66. The van der Waals surface area contributed by atoms with Crippen molar-refractivity contribution in [2.24, 2.45) is 11.8 Å². The highest BCUT2D eigenvalue weighted by Crippen LogP contribution is 2.71. The molecule has 192 valence electrons. The summed E-state index contributed by atoms with van der Waals surface area (Å²) < 4.78 is -0.966. The molecule has 3 amide bonds. The van der Waals surface area contributed by atoms with Crippen molar-refractivity contribution in [2.75, 3.05) is 25.0 Å². The first-order valence-electron chi connectivity index (χ1n) is 12.7. The Morgan fingerprint density at radius 3 is 2.54 bits per heavy atom. The third-order valence-electron chi connectivity index (χ3n) is 7.78. The highest BCUT2D eigenvalue weighted by atomic mass is 35.5. The van der Waals surface area contributed by atoms with Gasteiger partial charge < -0.3 is 20.6 Å². The van der Waals surface area contributed by atoms with Crippen LogP contribution in [-0.2, 0) is 14.4 Å². The van der Waals surface area contributed by atoms with Gasteiger partial charge in [0, 0.05) is 35.2 Å². The molecule has 2 bridgehead atoms. The van der Waals surface area contributed by atoms with E-state index in [0.29, 0.717) is 23.8 Å². The second-order valence-electron chi connectivity index (χ2n) is 10.2. The quantitative estimate of drug-likeness (QED) is 0.384. The number of likely N-dealkylation sites (tertiary alicyclic amines) is 1. The molecule has 3 aliphatic rings. The molecule has 4 rings (SSSR count). The minimum absolute atomic E-state index is 0.0663. The summed E-state index contributed by atoms with van der Waals surface area (Å²) in [4.78, 5) is 42.7. The summed E-state index contributed by atoms with van der Waals surface area (Å²) in [5.41, 5.74) is 0.635. The lowest BCUT2D eigenvalue weighted by molar-refractivity contribution is -0.140. The van der Waals surface area contributed by atoms with Crippen molar-refractivity contribution >= 4 is 46.8 Å². The Morgan fingerprint density at radius 1 is 1.14 bits per heavy atom. The summed E-state index contributed by atoms with van der Waals surface area (Å²) in [6.45, 7) is 5.31. The van der Waals surface area contributed by atoms with E-state index in [2.05, 4.69) is 17.6 Å². The number of fused-ring (bicyclic) bond motifs is 1. The van der Waals surface area contributed by atoms with E-state index in [-0.39, 0.29) is 29.1 Å². The number of hydrogen-bond acceptors (Lipinski definition) is 5. The average molecular weight is 522 g/mol. The van der Waals surface area contributed by atoms with Gasteiger partial charge in [0.1, 0.15) is 6.04 Å². The number of carbonyl (C=O) groups is 3. The minimum atomic E-state index is -0.635. The number of thioether (sulfide) groups is 1. The highest BCUT2D eigenvalue weighted by molar-refractivity contribution is 8.02. The number of nitrogens with one attached hydrogen (secondary N) is 2. The molecule has 3 N–H and O–H groups in total. The maximum Gasteiger partial charge on any atom is 0.248 e. The zero-order chi connectivity index (χ0) is 25.2. The monoisotopic (exact) mass is 521 g/mol. The second kappa shape index (κ2) is 10.7. The van der Waals surface area contributed by atoms with Crippen LogP contribution in [0.25, 0.3) is 0 Å². The molecule has 1 aromatic carbocycles. The van der Waals surface area contributed by atoms with Crippen molar-refractivity contribution in [1.29, 1.82) is 0 Å². The van der Waals surface area contributed by atoms with Crippen LogP contribution in [0.2, 0.25) is 5.02 Å². The van der Waals surface area contributed by atoms with Crippen molar-refractivity contribution < 1.29 is 19.5 Å². The Bertz CT molecular complexity index is 960. The summed E-state index contributed by atoms with van der Waals surface area (Å²) >= 11 is 7.70. The molecule has 7 nitrogen and oxygen atoms in total. The summed E-state index contributed by atoms with van der Waals surface area (Å²) in [7, 11) is 0. The smallest absolute Gasteiger partial charge is 0.248 e. The van der Waals surface area contributed by atoms with Gasteiger partial charge in [-0.25, -0.2) is 0 Å². The van der Waals surface area contributed by atoms with E-state index in [1.165, 1.54) is 0 Å². The van der Waals surface area contributed by atoms with E-state index >= 15 is 0 Å². The van der Waals surface area contributed by atoms with Crippen LogP contribution in [0, 0.1) is 11.8 Å². The van der Waals surface area contributed by atoms with E-state index in [9.17, 15) is 14.4 Å². The molecule has 0 aliphatic carbocycles. The lowest BCUT2D eigenvalue weighted by Gasteiger charge is -2.34. The normalized spacial score (nSPS) is 31.0. The highest BCUT2D eigenvalue weighted by Gasteiger charge is 2.76. The summed E-state index contributed by atoms with van der Waals surface area (Å²) in [5.74, 6) is -1.28. The number of hydrogen-bond donors (Lipinski definition) is 3. The molecule has 5 atom stereocenters. The standard InChI is InChI=1S/C26H36ClN3O4S/c1-3-14-28-22(32)19-20-24(34)30(15-6-4-5-7-16-31)21(26(20)13-12-25(19,2)35-26)23(33)29-18-10-8-17(27)9-11-18/h8-11,19-21,31H,3-7,12-16H2,1-2H3,(H,28,32)(H,29,33)/t19-,20+,21?,25+,26?/m1/s1. The van der Waals surface area contributed by atoms with Crippen LogP contribution in [-0.4, -0.2) is 63.0 Å². The van der Waals surface area contributed by atoms with E-state index in [1.54, 1.807) is 40.9 Å². The number of amides is 3. The third-order valence-corrected chi connectivity index (χ3v) is 10.0. The molecule has 3 aliphatic heterocycles. The van der Waals surface area contributed by atoms with Gasteiger partial charge in [-0.15, -0.1) is 11.8 Å². The predicted octanol–water partition coefficient (Wildman–Crippen LogP) is 3.84. The molecule has 35 heavy (non-hydrogen) atoms. The largest absolute Gasteiger partial charge is 0.396 e. The molecule has 0 aromatic heterocycles. The molecule has 0 saturated carbocycles. The summed E-state index contributed by atoms with van der Waals surface area (Å²) in [5, 5.41) is 15.7. The predicted molar refractivity (Wildman–Crippen MR) is 139 cm³/mol. The fourth-order valence-corrected chi connectivity index (χ4v) is 8.70. The number of carbonyl (C=O) groups excluding carboxylic acids is 3. The molecular weight excluding hydrogens is 486 g/mol. The van der Waals surface area contributed by atoms with Gasteiger partial charge >= 0.3 is 0 Å². The zero-order valence-corrected chi connectivity index (χ0v) is 22.1. The average Bonchev–Trinajstić information content (AvgIpc) is 3.39. The maximum atomic E-state index is 13.9. The van der Waals surface area contributed by atoms with E-state index in [4.69, 9.17) is 16.7 Å². The summed E-state index contributed by atoms with van der Waals surface area (Å²) in [6.07, 6.45) is 5.62. The van der Waals surface area contributed by atoms with Gasteiger partial charge in [-0.05, 0) is 63.3 Å². The maximum absolute atomic E-state index is 13.9. The molecule has 3 saturated heterocycles. The fourth-order valence-electron chi connectivity index (χ4n) is 6.22. The first-order chi connectivity index (χ1) is 16.8. The SMILES string of the molecule is CCCNC(=O)[C@H]1[C@H]2C(=O)N(CCCCCCO)C(C(=O)Nc3ccc(Cl)cc3)C23CC[C@]1(C)S3. The number of rotatable bonds is 11. The van der Waals surface area contributed by atoms with Crippen LogP contribution in [0.3, 0.4) is 0 Å². The van der Waals surface area contributed by atoms with Crippen LogP contribution >= 0.6 is 23.4 Å². The van der Waals surface area contributed by atoms with Gasteiger partial charge in [0.2, 0.25) is 17.7 Å². The molecular formula is C26H36ClN3O4S. The molecule has 3 heterocycles. The van der Waals surface area contributed by atoms with Crippen LogP contribution in [0.5, 0.6) is 0 Å². The first-order valence-corrected chi connectivity index (χ1v) is 13.9. The molecule has 3 fully saturated rings. The third kappa shape index (κ3) is 4.81. The number of anilines is 1. The molecule has 9 heteroatoms. The summed E-state index contributed by atoms with van der Waals surface area (Å²) in [6, 6.07) is 6.33. The Hall–Kier alpha value is -1.77. The van der Waals surface area contributed by atoms with E-state index < -0.39 is 22.6 Å². The van der Waals surface area contributed by atoms with Crippen molar-refractivity contribution in [3.63, 3.8) is 0 Å². The number of aliphatic hydroxyl groups excluding tert-OH is 1. The van der Waals surface area contributed by atoms with Gasteiger partial charge in [-0.2, -0.15) is 0 Å². The van der Waals surface area contributed by atoms with Crippen molar-refractivity contribution in [3.05, 3.63) is 29.3 Å². The second-order valence-corrected chi connectivity index (χ2v) is 12.5. The molecule has 1 spiro atoms. The van der Waals surface area contributed by atoms with Gasteiger partial charge in [0.05, 0.1) is 16.6 Å². The number of aliphatic hydroxyl groups is 1. The van der Waals surface area contributed by atoms with Gasteiger partial charge in [0.25, 0.3) is 0 Å². The number of halogens is 1. The minimum Gasteiger partial charge on any atom is -0.396 e. The fraction of sp³-hybridized carbons (Fsp3) is 0.654. The van der Waals surface area contributed by atoms with Crippen LogP contribution in [0.15, 0.2) is 24.3 Å². The first kappa shape index (κ1) is 26.3. The molecule has 0 radical (unpaired) electrons. The Kier molecular flexibility index (Phi) is 8.03. The number of unbranched alkanes of at least 4 members (excludes halogenated alkanes) is 3. The van der Waals surface area contributed by atoms with Gasteiger partial charge in [0.15, 0.2) is 0 Å². The van der Waals surface area contributed by atoms with Crippen molar-refractivity contribution in [3.8, 4) is 0 Å². The van der Waals surface area contributed by atoms with E-state index in [1.807, 2.05) is 6.92 Å². The Labute approximate surface area is 216 Å². The van der Waals surface area contributed by atoms with Gasteiger partial charge in [-0.3, -0.25) is 14.4 Å². The van der Waals surface area contributed by atoms with E-state index in [0.717, 1.165) is 44.9 Å². The van der Waals surface area contributed by atoms with Crippen LogP contribution < -0.4 is 10.6 Å². The van der Waals surface area contributed by atoms with Gasteiger partial charge in [-0.1, -0.05) is 31.4 Å². The zero-order valence-electron chi connectivity index (χ0n) is 20.5. The Balaban J connectivity index is 1.63. The molecule has 1 aromatic rings. The van der Waals surface area contributed by atoms with Crippen molar-refractivity contribution in [2.45, 2.75) is 74.3 Å². The van der Waals surface area contributed by atoms with Crippen molar-refractivity contribution in [1.82, 2.24) is 10.2 Å². The van der Waals surface area contributed by atoms with Crippen LogP contribution in [0.1, 0.15) is 58.8 Å². The number of benzene rings is 1. The molecule has 2 unspecified atom stereocenters. The van der Waals surface area contributed by atoms with Crippen LogP contribution in [0.4, 0.5) is 5.69 Å². The lowest BCUT2D eigenvalue weighted by Crippen LogP contribution is -2.52.